The second-order valence-corrected chi connectivity index (χ2v) is 8.07. The van der Waals surface area contributed by atoms with E-state index in [9.17, 15) is 33.6 Å². The van der Waals surface area contributed by atoms with Crippen LogP contribution in [-0.4, -0.2) is 10.3 Å². The highest BCUT2D eigenvalue weighted by atomic mass is 31.3. The van der Waals surface area contributed by atoms with Gasteiger partial charge in [0.05, 0.1) is 0 Å². The van der Waals surface area contributed by atoms with E-state index in [0.717, 1.165) is 0 Å². The molecule has 0 atom stereocenters. The fourth-order valence-electron chi connectivity index (χ4n) is 0.667. The Hall–Kier alpha value is 1.16. The topological polar surface area (TPSA) is 0 Å². The summed E-state index contributed by atoms with van der Waals surface area (Å²) >= 11 is 0. The first-order chi connectivity index (χ1) is 6.65. The second kappa shape index (κ2) is 6.19. The van der Waals surface area contributed by atoms with E-state index in [1.165, 1.54) is 0 Å². The summed E-state index contributed by atoms with van der Waals surface area (Å²) in [6.07, 6.45) is 0. The minimum atomic E-state index is -4.54. The van der Waals surface area contributed by atoms with Crippen molar-refractivity contribution in [2.75, 3.05) is 0 Å². The predicted octanol–water partition coefficient (Wildman–Crippen LogP) is 7.03. The third-order valence-corrected chi connectivity index (χ3v) is 7.97. The lowest BCUT2D eigenvalue weighted by Crippen LogP contribution is -2.27. The molecule has 0 aromatic rings. The van der Waals surface area contributed by atoms with Crippen LogP contribution in [0.15, 0.2) is 0 Å². The molecule has 0 unspecified atom stereocenters. The largest absolute Gasteiger partial charge is 0.283 e. The molecule has 0 heterocycles. The Balaban J connectivity index is 5.19. The van der Waals surface area contributed by atoms with E-state index in [1.54, 1.807) is 0 Å². The molecule has 0 radical (unpaired) electrons. The average molecular weight is 316 g/mol. The maximum absolute atomic E-state index is 12.3. The highest BCUT2D eigenvalue weighted by Crippen LogP contribution is 2.82. The third-order valence-electron chi connectivity index (χ3n) is 1.54. The van der Waals surface area contributed by atoms with Crippen LogP contribution < -0.4 is 0 Å². The average Bonchev–Trinajstić information content (AvgIpc) is 2.01. The first-order valence-electron chi connectivity index (χ1n) is 3.10. The zero-order chi connectivity index (χ0) is 12.4. The van der Waals surface area contributed by atoms with E-state index >= 15 is 0 Å². The minimum absolute atomic E-state index is 0.123. The van der Waals surface area contributed by atoms with Crippen LogP contribution in [0.2, 0.25) is 0 Å². The molecule has 0 aromatic carbocycles. The zero-order valence-electron chi connectivity index (χ0n) is 6.89. The fourth-order valence-corrected chi connectivity index (χ4v) is 4.84. The van der Waals surface area contributed by atoms with Gasteiger partial charge in [-0.15, -0.1) is 0 Å². The molecule has 92 valence electrons. The van der Waals surface area contributed by atoms with Crippen molar-refractivity contribution in [2.24, 2.45) is 0 Å². The molecule has 0 aliphatic heterocycles. The molecule has 0 bridgehead atoms. The number of rotatable bonds is 5. The summed E-state index contributed by atoms with van der Waals surface area (Å²) in [4.78, 5) is -3.52. The fraction of sp³-hybridized carbons (Fsp3) is 1.00. The molecule has 0 aliphatic carbocycles. The Bertz CT molecular complexity index is 180. The standard InChI is InChI=1S/C3H4F8P4/c1-3(14(8)9,15(10)11)2(12(4)5)13(6)7/h2H,1H3. The monoisotopic (exact) mass is 316 g/mol. The lowest BCUT2D eigenvalue weighted by molar-refractivity contribution is 0.599. The van der Waals surface area contributed by atoms with E-state index < -0.39 is 44.5 Å². The van der Waals surface area contributed by atoms with Gasteiger partial charge in [-0.3, -0.25) is 0 Å². The third kappa shape index (κ3) is 3.56. The summed E-state index contributed by atoms with van der Waals surface area (Å²) in [5, 5.41) is -3.16. The molecular weight excluding hydrogens is 312 g/mol. The summed E-state index contributed by atoms with van der Waals surface area (Å²) < 4.78 is 97.5. The molecular formula is C3H4F8P4. The highest BCUT2D eigenvalue weighted by molar-refractivity contribution is 7.74. The molecule has 12 heteroatoms. The van der Waals surface area contributed by atoms with Gasteiger partial charge in [-0.2, -0.15) is 33.6 Å². The van der Waals surface area contributed by atoms with Crippen molar-refractivity contribution in [3.63, 3.8) is 0 Å². The molecule has 0 saturated heterocycles. The smallest absolute Gasteiger partial charge is 0.188 e. The molecule has 0 spiro atoms. The summed E-state index contributed by atoms with van der Waals surface area (Å²) in [5.41, 5.74) is 0. The Morgan fingerprint density at radius 2 is 1.00 bits per heavy atom. The van der Waals surface area contributed by atoms with Gasteiger partial charge in [-0.05, 0) is 6.92 Å². The summed E-state index contributed by atoms with van der Waals surface area (Å²) in [7, 11) is -18.1. The lowest BCUT2D eigenvalue weighted by atomic mass is 10.5. The second-order valence-electron chi connectivity index (χ2n) is 2.45. The maximum Gasteiger partial charge on any atom is 0.283 e. The van der Waals surface area contributed by atoms with E-state index in [1.807, 2.05) is 0 Å². The summed E-state index contributed by atoms with van der Waals surface area (Å²) in [6.45, 7) is 0.123. The van der Waals surface area contributed by atoms with Gasteiger partial charge in [0.1, 0.15) is 10.3 Å². The van der Waals surface area contributed by atoms with Gasteiger partial charge in [-0.1, -0.05) is 0 Å². The van der Waals surface area contributed by atoms with Crippen molar-refractivity contribution in [2.45, 2.75) is 17.2 Å². The highest BCUT2D eigenvalue weighted by Gasteiger charge is 2.61. The van der Waals surface area contributed by atoms with Crippen molar-refractivity contribution >= 4 is 34.2 Å². The maximum atomic E-state index is 12.3. The van der Waals surface area contributed by atoms with Gasteiger partial charge < -0.3 is 0 Å². The van der Waals surface area contributed by atoms with Crippen molar-refractivity contribution in [3.05, 3.63) is 0 Å². The van der Waals surface area contributed by atoms with Crippen LogP contribution in [0.3, 0.4) is 0 Å². The Morgan fingerprint density at radius 1 is 0.733 bits per heavy atom. The first-order valence-corrected chi connectivity index (χ1v) is 7.74. The predicted molar refractivity (Wildman–Crippen MR) is 48.7 cm³/mol. The van der Waals surface area contributed by atoms with Crippen LogP contribution >= 0.6 is 34.2 Å². The van der Waals surface area contributed by atoms with E-state index in [2.05, 4.69) is 0 Å². The molecule has 0 saturated carbocycles. The van der Waals surface area contributed by atoms with Crippen molar-refractivity contribution in [1.29, 1.82) is 0 Å². The molecule has 0 fully saturated rings. The van der Waals surface area contributed by atoms with Gasteiger partial charge in [0.15, 0.2) is 0 Å². The van der Waals surface area contributed by atoms with Crippen LogP contribution in [0.5, 0.6) is 0 Å². The van der Waals surface area contributed by atoms with Crippen LogP contribution in [-0.2, 0) is 0 Å². The molecule has 15 heavy (non-hydrogen) atoms. The SMILES string of the molecule is CC(C(P(F)F)P(F)F)(P(F)F)P(F)F. The van der Waals surface area contributed by atoms with Gasteiger partial charge in [-0.25, -0.2) is 0 Å². The first kappa shape index (κ1) is 16.2. The van der Waals surface area contributed by atoms with E-state index in [-0.39, 0.29) is 6.92 Å². The Morgan fingerprint density at radius 3 is 1.07 bits per heavy atom. The van der Waals surface area contributed by atoms with Crippen LogP contribution in [0.25, 0.3) is 0 Å². The van der Waals surface area contributed by atoms with E-state index in [4.69, 9.17) is 0 Å². The normalized spacial score (nSPS) is 14.0. The van der Waals surface area contributed by atoms with Crippen LogP contribution in [0.1, 0.15) is 6.92 Å². The van der Waals surface area contributed by atoms with Gasteiger partial charge in [0.2, 0.25) is 0 Å². The molecule has 0 amide bonds. The van der Waals surface area contributed by atoms with E-state index in [0.29, 0.717) is 0 Å². The van der Waals surface area contributed by atoms with Gasteiger partial charge >= 0.3 is 0 Å². The quantitative estimate of drug-likeness (QED) is 0.377. The van der Waals surface area contributed by atoms with Crippen LogP contribution in [0.4, 0.5) is 33.6 Å². The van der Waals surface area contributed by atoms with Crippen LogP contribution in [0, 0.1) is 0 Å². The summed E-state index contributed by atoms with van der Waals surface area (Å²) in [6, 6.07) is 0. The lowest BCUT2D eigenvalue weighted by Gasteiger charge is -2.31. The number of halogens is 8. The van der Waals surface area contributed by atoms with Gasteiger partial charge in [0, 0.05) is 0 Å². The molecule has 0 aromatic heterocycles. The number of hydrogen-bond donors (Lipinski definition) is 0. The summed E-state index contributed by atoms with van der Waals surface area (Å²) in [5.74, 6) is 0. The molecule has 0 N–H and O–H groups in total. The van der Waals surface area contributed by atoms with Crippen molar-refractivity contribution < 1.29 is 33.6 Å². The Labute approximate surface area is 85.8 Å². The minimum Gasteiger partial charge on any atom is -0.188 e. The zero-order valence-corrected chi connectivity index (χ0v) is 10.5. The van der Waals surface area contributed by atoms with Crippen molar-refractivity contribution in [3.8, 4) is 0 Å². The number of hydrogen-bond acceptors (Lipinski definition) is 0. The molecule has 0 nitrogen and oxygen atoms in total. The van der Waals surface area contributed by atoms with Crippen molar-refractivity contribution in [1.82, 2.24) is 0 Å². The molecule has 0 aliphatic rings. The molecule has 0 rings (SSSR count). The van der Waals surface area contributed by atoms with Gasteiger partial charge in [0.25, 0.3) is 34.2 Å². The Kier molecular flexibility index (Phi) is 6.67.